The number of hydrogen-bond acceptors (Lipinski definition) is 5. The number of anilines is 1. The number of piperidine rings is 1. The maximum Gasteiger partial charge on any atom is 0.249 e. The fraction of sp³-hybridized carbons (Fsp3) is 0.455. The summed E-state index contributed by atoms with van der Waals surface area (Å²) in [6.45, 7) is 2.86. The average Bonchev–Trinajstić information content (AvgIpc) is 3.06. The quantitative estimate of drug-likeness (QED) is 0.755. The molecule has 0 bridgehead atoms. The molecule has 1 saturated heterocycles. The molecule has 8 heteroatoms. The van der Waals surface area contributed by atoms with Gasteiger partial charge in [-0.15, -0.1) is 0 Å². The van der Waals surface area contributed by atoms with E-state index in [4.69, 9.17) is 9.72 Å². The van der Waals surface area contributed by atoms with Gasteiger partial charge in [0.25, 0.3) is 0 Å². The second kappa shape index (κ2) is 8.47. The third-order valence-electron chi connectivity index (χ3n) is 5.74. The van der Waals surface area contributed by atoms with Gasteiger partial charge in [0.1, 0.15) is 18.2 Å². The van der Waals surface area contributed by atoms with Crippen molar-refractivity contribution in [3.8, 4) is 0 Å². The summed E-state index contributed by atoms with van der Waals surface area (Å²) in [5, 5.41) is 0. The van der Waals surface area contributed by atoms with E-state index < -0.39 is 0 Å². The van der Waals surface area contributed by atoms with Gasteiger partial charge in [0.05, 0.1) is 19.0 Å². The number of rotatable bonds is 5. The van der Waals surface area contributed by atoms with Crippen molar-refractivity contribution in [2.24, 2.45) is 0 Å². The van der Waals surface area contributed by atoms with Crippen LogP contribution in [-0.2, 0) is 27.3 Å². The number of carbonyl (C=O) groups excluding carboxylic acids is 2. The number of aromatic nitrogens is 2. The highest BCUT2D eigenvalue weighted by Gasteiger charge is 2.35. The standard InChI is InChI=1S/C22H25FN4O3/c1-14-17-11-19(28)27(12-15-6-8-16(23)9-7-15)22(17)25-21(24-14)18-5-3-4-10-26(18)20(29)13-30-2/h6-9,18H,3-5,10-13H2,1-2H3. The highest BCUT2D eigenvalue weighted by atomic mass is 19.1. The zero-order valence-corrected chi connectivity index (χ0v) is 17.2. The molecule has 1 aromatic heterocycles. The third kappa shape index (κ3) is 3.92. The van der Waals surface area contributed by atoms with Gasteiger partial charge >= 0.3 is 0 Å². The van der Waals surface area contributed by atoms with Crippen LogP contribution in [0.2, 0.25) is 0 Å². The van der Waals surface area contributed by atoms with Crippen molar-refractivity contribution < 1.29 is 18.7 Å². The highest BCUT2D eigenvalue weighted by molar-refractivity contribution is 6.00. The van der Waals surface area contributed by atoms with E-state index in [9.17, 15) is 14.0 Å². The Morgan fingerprint density at radius 3 is 2.73 bits per heavy atom. The van der Waals surface area contributed by atoms with Gasteiger partial charge in [-0.2, -0.15) is 0 Å². The number of ether oxygens (including phenoxy) is 1. The van der Waals surface area contributed by atoms with Gasteiger partial charge in [-0.05, 0) is 43.9 Å². The van der Waals surface area contributed by atoms with E-state index in [1.807, 2.05) is 6.92 Å². The van der Waals surface area contributed by atoms with Crippen LogP contribution in [0.3, 0.4) is 0 Å². The zero-order valence-electron chi connectivity index (χ0n) is 17.2. The summed E-state index contributed by atoms with van der Waals surface area (Å²) in [5.41, 5.74) is 2.40. The minimum absolute atomic E-state index is 0.0234. The molecule has 0 radical (unpaired) electrons. The number of fused-ring (bicyclic) bond motifs is 1. The van der Waals surface area contributed by atoms with Crippen LogP contribution in [0.15, 0.2) is 24.3 Å². The topological polar surface area (TPSA) is 75.6 Å². The van der Waals surface area contributed by atoms with E-state index in [0.29, 0.717) is 24.7 Å². The van der Waals surface area contributed by atoms with Gasteiger partial charge in [-0.25, -0.2) is 14.4 Å². The van der Waals surface area contributed by atoms with Gasteiger partial charge in [0.2, 0.25) is 11.8 Å². The molecule has 1 atom stereocenters. The van der Waals surface area contributed by atoms with Crippen molar-refractivity contribution in [3.05, 3.63) is 52.7 Å². The molecule has 0 spiro atoms. The van der Waals surface area contributed by atoms with E-state index in [2.05, 4.69) is 4.98 Å². The van der Waals surface area contributed by atoms with E-state index in [-0.39, 0.29) is 36.7 Å². The van der Waals surface area contributed by atoms with Gasteiger partial charge in [0, 0.05) is 24.9 Å². The van der Waals surface area contributed by atoms with Gasteiger partial charge < -0.3 is 9.64 Å². The summed E-state index contributed by atoms with van der Waals surface area (Å²) in [5.74, 6) is 0.708. The summed E-state index contributed by atoms with van der Waals surface area (Å²) in [6.07, 6.45) is 2.95. The van der Waals surface area contributed by atoms with Crippen LogP contribution < -0.4 is 4.90 Å². The molecule has 1 fully saturated rings. The van der Waals surface area contributed by atoms with Gasteiger partial charge in [-0.1, -0.05) is 12.1 Å². The van der Waals surface area contributed by atoms with Crippen molar-refractivity contribution in [3.63, 3.8) is 0 Å². The summed E-state index contributed by atoms with van der Waals surface area (Å²) in [4.78, 5) is 38.1. The van der Waals surface area contributed by atoms with Crippen molar-refractivity contribution in [1.82, 2.24) is 14.9 Å². The molecule has 2 aromatic rings. The smallest absolute Gasteiger partial charge is 0.249 e. The number of carbonyl (C=O) groups is 2. The lowest BCUT2D eigenvalue weighted by Gasteiger charge is -2.35. The number of likely N-dealkylation sites (tertiary alicyclic amines) is 1. The number of benzene rings is 1. The Morgan fingerprint density at radius 1 is 1.23 bits per heavy atom. The summed E-state index contributed by atoms with van der Waals surface area (Å²) >= 11 is 0. The molecule has 0 aliphatic carbocycles. The number of aryl methyl sites for hydroxylation is 1. The maximum atomic E-state index is 13.2. The van der Waals surface area contributed by atoms with Crippen molar-refractivity contribution in [2.75, 3.05) is 25.2 Å². The molecule has 2 amide bonds. The molecule has 7 nitrogen and oxygen atoms in total. The fourth-order valence-corrected chi connectivity index (χ4v) is 4.19. The molecule has 2 aliphatic rings. The third-order valence-corrected chi connectivity index (χ3v) is 5.74. The summed E-state index contributed by atoms with van der Waals surface area (Å²) in [6, 6.07) is 5.88. The fourth-order valence-electron chi connectivity index (χ4n) is 4.19. The lowest BCUT2D eigenvalue weighted by Crippen LogP contribution is -2.41. The second-order valence-corrected chi connectivity index (χ2v) is 7.78. The van der Waals surface area contributed by atoms with Gasteiger partial charge in [-0.3, -0.25) is 14.5 Å². The van der Waals surface area contributed by atoms with Crippen LogP contribution in [0.5, 0.6) is 0 Å². The Labute approximate surface area is 174 Å². The van der Waals surface area contributed by atoms with Crippen molar-refractivity contribution in [2.45, 2.75) is 45.2 Å². The number of halogens is 1. The SMILES string of the molecule is COCC(=O)N1CCCCC1c1nc(C)c2c(n1)N(Cc1ccc(F)cc1)C(=O)C2. The first kappa shape index (κ1) is 20.4. The Morgan fingerprint density at radius 2 is 2.00 bits per heavy atom. The van der Waals surface area contributed by atoms with Crippen LogP contribution in [0, 0.1) is 12.7 Å². The van der Waals surface area contributed by atoms with E-state index >= 15 is 0 Å². The predicted molar refractivity (Wildman–Crippen MR) is 108 cm³/mol. The number of hydrogen-bond donors (Lipinski definition) is 0. The first-order valence-electron chi connectivity index (χ1n) is 10.2. The van der Waals surface area contributed by atoms with E-state index in [1.54, 1.807) is 21.9 Å². The molecule has 158 valence electrons. The molecular weight excluding hydrogens is 387 g/mol. The van der Waals surface area contributed by atoms with Crippen LogP contribution in [0.1, 0.15) is 47.9 Å². The highest BCUT2D eigenvalue weighted by Crippen LogP contribution is 2.35. The minimum Gasteiger partial charge on any atom is -0.375 e. The first-order valence-corrected chi connectivity index (χ1v) is 10.2. The molecule has 1 aromatic carbocycles. The number of amides is 2. The zero-order chi connectivity index (χ0) is 21.3. The lowest BCUT2D eigenvalue weighted by molar-refractivity contribution is -0.139. The molecule has 2 aliphatic heterocycles. The Balaban J connectivity index is 1.66. The molecule has 0 N–H and O–H groups in total. The number of methoxy groups -OCH3 is 1. The Hall–Kier alpha value is -2.87. The maximum absolute atomic E-state index is 13.2. The monoisotopic (exact) mass is 412 g/mol. The van der Waals surface area contributed by atoms with Crippen LogP contribution in [-0.4, -0.2) is 46.9 Å². The molecule has 0 saturated carbocycles. The van der Waals surface area contributed by atoms with Crippen molar-refractivity contribution >= 4 is 17.6 Å². The van der Waals surface area contributed by atoms with E-state index in [0.717, 1.165) is 36.1 Å². The van der Waals surface area contributed by atoms with Crippen LogP contribution >= 0.6 is 0 Å². The predicted octanol–water partition coefficient (Wildman–Crippen LogP) is 2.71. The first-order chi connectivity index (χ1) is 14.5. The molecular formula is C22H25FN4O3. The van der Waals surface area contributed by atoms with Gasteiger partial charge in [0.15, 0.2) is 5.82 Å². The normalized spacial score (nSPS) is 18.6. The van der Waals surface area contributed by atoms with Crippen LogP contribution in [0.25, 0.3) is 0 Å². The Bertz CT molecular complexity index is 964. The molecule has 3 heterocycles. The molecule has 30 heavy (non-hydrogen) atoms. The summed E-state index contributed by atoms with van der Waals surface area (Å²) < 4.78 is 18.3. The average molecular weight is 412 g/mol. The number of nitrogens with zero attached hydrogens (tertiary/aromatic N) is 4. The second-order valence-electron chi connectivity index (χ2n) is 7.78. The molecule has 4 rings (SSSR count). The summed E-state index contributed by atoms with van der Waals surface area (Å²) in [7, 11) is 1.51. The lowest BCUT2D eigenvalue weighted by atomic mass is 10.0. The minimum atomic E-state index is -0.314. The van der Waals surface area contributed by atoms with E-state index in [1.165, 1.54) is 19.2 Å². The Kier molecular flexibility index (Phi) is 5.76. The van der Waals surface area contributed by atoms with Crippen molar-refractivity contribution in [1.29, 1.82) is 0 Å². The van der Waals surface area contributed by atoms with Crippen LogP contribution in [0.4, 0.5) is 10.2 Å². The molecule has 1 unspecified atom stereocenters. The largest absolute Gasteiger partial charge is 0.375 e.